The van der Waals surface area contributed by atoms with E-state index < -0.39 is 0 Å². The summed E-state index contributed by atoms with van der Waals surface area (Å²) in [4.78, 5) is 27.0. The Morgan fingerprint density at radius 3 is 2.57 bits per heavy atom. The molecule has 2 heterocycles. The standard InChI is InChI=1S/C17H28N2O2/c1-13-11-18-9-6-14(13)12-19-15(20)10-17(16(19)21)7-4-2-3-5-8-17/h13-14,18H,2-12H2,1H3. The lowest BCUT2D eigenvalue weighted by atomic mass is 9.79. The SMILES string of the molecule is CC1CNCCC1CN1C(=O)CC2(CCCCCC2)C1=O. The lowest BCUT2D eigenvalue weighted by Gasteiger charge is -2.33. The van der Waals surface area contributed by atoms with Crippen molar-refractivity contribution >= 4 is 11.8 Å². The summed E-state index contributed by atoms with van der Waals surface area (Å²) in [5.74, 6) is 1.26. The maximum Gasteiger partial charge on any atom is 0.235 e. The minimum Gasteiger partial charge on any atom is -0.316 e. The van der Waals surface area contributed by atoms with Crippen molar-refractivity contribution in [2.45, 2.75) is 58.3 Å². The molecule has 2 amide bonds. The number of rotatable bonds is 2. The van der Waals surface area contributed by atoms with Crippen molar-refractivity contribution in [3.63, 3.8) is 0 Å². The summed E-state index contributed by atoms with van der Waals surface area (Å²) in [7, 11) is 0. The van der Waals surface area contributed by atoms with Crippen LogP contribution in [0.25, 0.3) is 0 Å². The summed E-state index contributed by atoms with van der Waals surface area (Å²) < 4.78 is 0. The van der Waals surface area contributed by atoms with Crippen LogP contribution < -0.4 is 5.32 Å². The van der Waals surface area contributed by atoms with E-state index in [9.17, 15) is 9.59 Å². The fourth-order valence-electron chi connectivity index (χ4n) is 4.41. The highest BCUT2D eigenvalue weighted by Crippen LogP contribution is 2.44. The van der Waals surface area contributed by atoms with Gasteiger partial charge in [-0.25, -0.2) is 0 Å². The normalized spacial score (nSPS) is 33.5. The van der Waals surface area contributed by atoms with Crippen molar-refractivity contribution in [2.75, 3.05) is 19.6 Å². The van der Waals surface area contributed by atoms with Gasteiger partial charge in [-0.2, -0.15) is 0 Å². The van der Waals surface area contributed by atoms with Gasteiger partial charge in [0.1, 0.15) is 0 Å². The Hall–Kier alpha value is -0.900. The third-order valence-electron chi connectivity index (χ3n) is 5.93. The molecule has 1 aliphatic carbocycles. The Balaban J connectivity index is 1.71. The molecule has 1 N–H and O–H groups in total. The number of nitrogens with zero attached hydrogens (tertiary/aromatic N) is 1. The van der Waals surface area contributed by atoms with Crippen molar-refractivity contribution in [2.24, 2.45) is 17.3 Å². The van der Waals surface area contributed by atoms with E-state index in [0.717, 1.165) is 45.2 Å². The molecule has 0 aromatic heterocycles. The molecule has 2 atom stereocenters. The summed E-state index contributed by atoms with van der Waals surface area (Å²) in [5, 5.41) is 3.39. The van der Waals surface area contributed by atoms with Crippen LogP contribution in [0.2, 0.25) is 0 Å². The van der Waals surface area contributed by atoms with Gasteiger partial charge < -0.3 is 5.32 Å². The Kier molecular flexibility index (Phi) is 4.34. The molecule has 2 aliphatic heterocycles. The first-order valence-corrected chi connectivity index (χ1v) is 8.68. The van der Waals surface area contributed by atoms with Crippen LogP contribution in [0, 0.1) is 17.3 Å². The van der Waals surface area contributed by atoms with Crippen LogP contribution >= 0.6 is 0 Å². The summed E-state index contributed by atoms with van der Waals surface area (Å²) in [5.41, 5.74) is -0.330. The Bertz CT molecular complexity index is 413. The molecule has 3 aliphatic rings. The number of imide groups is 1. The smallest absolute Gasteiger partial charge is 0.235 e. The van der Waals surface area contributed by atoms with Crippen molar-refractivity contribution in [3.8, 4) is 0 Å². The van der Waals surface area contributed by atoms with Gasteiger partial charge in [-0.15, -0.1) is 0 Å². The second-order valence-electron chi connectivity index (χ2n) is 7.41. The highest BCUT2D eigenvalue weighted by molar-refractivity contribution is 6.05. The van der Waals surface area contributed by atoms with Gasteiger partial charge in [-0.05, 0) is 44.2 Å². The zero-order chi connectivity index (χ0) is 14.9. The molecule has 4 heteroatoms. The van der Waals surface area contributed by atoms with E-state index in [1.165, 1.54) is 12.8 Å². The quantitative estimate of drug-likeness (QED) is 0.795. The Morgan fingerprint density at radius 2 is 1.90 bits per heavy atom. The van der Waals surface area contributed by atoms with Crippen LogP contribution in [0.15, 0.2) is 0 Å². The summed E-state index contributed by atoms with van der Waals surface area (Å²) in [6, 6.07) is 0. The van der Waals surface area contributed by atoms with Crippen LogP contribution in [0.5, 0.6) is 0 Å². The summed E-state index contributed by atoms with van der Waals surface area (Å²) in [6.07, 6.45) is 8.05. The molecule has 3 rings (SSSR count). The van der Waals surface area contributed by atoms with E-state index in [-0.39, 0.29) is 17.2 Å². The minimum absolute atomic E-state index is 0.0904. The molecule has 0 aromatic rings. The van der Waals surface area contributed by atoms with E-state index in [0.29, 0.717) is 24.8 Å². The zero-order valence-corrected chi connectivity index (χ0v) is 13.2. The summed E-state index contributed by atoms with van der Waals surface area (Å²) in [6.45, 7) is 4.90. The van der Waals surface area contributed by atoms with Gasteiger partial charge >= 0.3 is 0 Å². The van der Waals surface area contributed by atoms with E-state index in [2.05, 4.69) is 12.2 Å². The van der Waals surface area contributed by atoms with Gasteiger partial charge in [-0.3, -0.25) is 14.5 Å². The van der Waals surface area contributed by atoms with Gasteiger partial charge in [0.25, 0.3) is 0 Å². The monoisotopic (exact) mass is 292 g/mol. The number of nitrogens with one attached hydrogen (secondary N) is 1. The molecule has 2 saturated heterocycles. The third kappa shape index (κ3) is 2.87. The number of carbonyl (C=O) groups excluding carboxylic acids is 2. The van der Waals surface area contributed by atoms with Gasteiger partial charge in [0.15, 0.2) is 0 Å². The largest absolute Gasteiger partial charge is 0.316 e. The average molecular weight is 292 g/mol. The maximum absolute atomic E-state index is 12.9. The highest BCUT2D eigenvalue weighted by Gasteiger charge is 2.51. The molecular formula is C17H28N2O2. The molecule has 0 aromatic carbocycles. The molecule has 3 fully saturated rings. The molecule has 21 heavy (non-hydrogen) atoms. The number of piperidine rings is 1. The lowest BCUT2D eigenvalue weighted by molar-refractivity contribution is -0.142. The lowest BCUT2D eigenvalue weighted by Crippen LogP contribution is -2.44. The predicted molar refractivity (Wildman–Crippen MR) is 81.6 cm³/mol. The predicted octanol–water partition coefficient (Wildman–Crippen LogP) is 2.33. The Labute approximate surface area is 127 Å². The van der Waals surface area contributed by atoms with Crippen molar-refractivity contribution < 1.29 is 9.59 Å². The van der Waals surface area contributed by atoms with E-state index in [1.54, 1.807) is 4.90 Å². The fourth-order valence-corrected chi connectivity index (χ4v) is 4.41. The number of hydrogen-bond donors (Lipinski definition) is 1. The molecule has 0 radical (unpaired) electrons. The van der Waals surface area contributed by atoms with Crippen LogP contribution in [0.3, 0.4) is 0 Å². The summed E-state index contributed by atoms with van der Waals surface area (Å²) >= 11 is 0. The first-order valence-electron chi connectivity index (χ1n) is 8.68. The Morgan fingerprint density at radius 1 is 1.19 bits per heavy atom. The van der Waals surface area contributed by atoms with Gasteiger partial charge in [0.05, 0.1) is 5.41 Å². The van der Waals surface area contributed by atoms with Crippen LogP contribution in [0.4, 0.5) is 0 Å². The molecule has 1 saturated carbocycles. The average Bonchev–Trinajstić information content (AvgIpc) is 2.64. The van der Waals surface area contributed by atoms with Crippen molar-refractivity contribution in [1.29, 1.82) is 0 Å². The van der Waals surface area contributed by atoms with Crippen LogP contribution in [-0.2, 0) is 9.59 Å². The molecule has 2 unspecified atom stereocenters. The molecular weight excluding hydrogens is 264 g/mol. The second-order valence-corrected chi connectivity index (χ2v) is 7.41. The van der Waals surface area contributed by atoms with E-state index in [4.69, 9.17) is 0 Å². The minimum atomic E-state index is -0.330. The van der Waals surface area contributed by atoms with E-state index in [1.807, 2.05) is 0 Å². The van der Waals surface area contributed by atoms with Gasteiger partial charge in [-0.1, -0.05) is 32.6 Å². The maximum atomic E-state index is 12.9. The highest BCUT2D eigenvalue weighted by atomic mass is 16.2. The first-order chi connectivity index (χ1) is 10.1. The second kappa shape index (κ2) is 6.07. The van der Waals surface area contributed by atoms with Gasteiger partial charge in [0, 0.05) is 13.0 Å². The van der Waals surface area contributed by atoms with Crippen molar-refractivity contribution in [3.05, 3.63) is 0 Å². The number of carbonyl (C=O) groups is 2. The third-order valence-corrected chi connectivity index (χ3v) is 5.93. The van der Waals surface area contributed by atoms with Crippen LogP contribution in [0.1, 0.15) is 58.3 Å². The van der Waals surface area contributed by atoms with Crippen molar-refractivity contribution in [1.82, 2.24) is 10.2 Å². The topological polar surface area (TPSA) is 49.4 Å². The molecule has 118 valence electrons. The first kappa shape index (κ1) is 15.0. The number of amides is 2. The molecule has 0 bridgehead atoms. The number of likely N-dealkylation sites (tertiary alicyclic amines) is 1. The zero-order valence-electron chi connectivity index (χ0n) is 13.2. The fraction of sp³-hybridized carbons (Fsp3) is 0.882. The van der Waals surface area contributed by atoms with Gasteiger partial charge in [0.2, 0.25) is 11.8 Å². The van der Waals surface area contributed by atoms with E-state index >= 15 is 0 Å². The van der Waals surface area contributed by atoms with Crippen LogP contribution in [-0.4, -0.2) is 36.3 Å². The number of hydrogen-bond acceptors (Lipinski definition) is 3. The molecule has 1 spiro atoms. The molecule has 4 nitrogen and oxygen atoms in total.